The summed E-state index contributed by atoms with van der Waals surface area (Å²) in [6.07, 6.45) is 2.50. The second-order valence-corrected chi connectivity index (χ2v) is 2.91. The summed E-state index contributed by atoms with van der Waals surface area (Å²) in [4.78, 5) is 18.4. The van der Waals surface area contributed by atoms with Crippen LogP contribution in [0.5, 0.6) is 0 Å². The summed E-state index contributed by atoms with van der Waals surface area (Å²) in [7, 11) is 0. The molecular formula is C8H9N3O2. The van der Waals surface area contributed by atoms with Crippen molar-refractivity contribution < 1.29 is 9.90 Å². The number of hydrogen-bond donors (Lipinski definition) is 2. The normalized spacial score (nSPS) is 13.5. The highest BCUT2D eigenvalue weighted by molar-refractivity contribution is 5.69. The number of nitrogens with zero attached hydrogens (tertiary/aromatic N) is 2. The van der Waals surface area contributed by atoms with Crippen LogP contribution in [0.25, 0.3) is 0 Å². The van der Waals surface area contributed by atoms with E-state index in [0.717, 1.165) is 24.3 Å². The number of aliphatic carboxylic acids is 1. The van der Waals surface area contributed by atoms with Gasteiger partial charge in [0, 0.05) is 18.3 Å². The largest absolute Gasteiger partial charge is 0.481 e. The van der Waals surface area contributed by atoms with Gasteiger partial charge in [-0.05, 0) is 6.42 Å². The number of carboxylic acid groups (broad SMARTS) is 1. The maximum absolute atomic E-state index is 10.4. The summed E-state index contributed by atoms with van der Waals surface area (Å²) >= 11 is 0. The zero-order valence-corrected chi connectivity index (χ0v) is 6.95. The number of aromatic nitrogens is 2. The molecule has 2 heterocycles. The Hall–Kier alpha value is -1.65. The van der Waals surface area contributed by atoms with Crippen molar-refractivity contribution in [2.24, 2.45) is 0 Å². The standard InChI is InChI=1S/C8H9N3O2/c12-7(13)3-6-10-4-5-1-2-9-8(5)11-6/h4H,1-3H2,(H,12,13)(H,9,10,11). The number of anilines is 1. The molecule has 0 unspecified atom stereocenters. The molecule has 0 saturated carbocycles. The molecule has 0 saturated heterocycles. The van der Waals surface area contributed by atoms with Gasteiger partial charge in [0.15, 0.2) is 0 Å². The van der Waals surface area contributed by atoms with Crippen molar-refractivity contribution in [3.63, 3.8) is 0 Å². The quantitative estimate of drug-likeness (QED) is 0.672. The molecule has 0 spiro atoms. The first-order valence-electron chi connectivity index (χ1n) is 4.06. The third-order valence-electron chi connectivity index (χ3n) is 1.91. The van der Waals surface area contributed by atoms with E-state index >= 15 is 0 Å². The van der Waals surface area contributed by atoms with E-state index < -0.39 is 5.97 Å². The van der Waals surface area contributed by atoms with Crippen LogP contribution >= 0.6 is 0 Å². The molecule has 0 atom stereocenters. The van der Waals surface area contributed by atoms with Crippen LogP contribution < -0.4 is 5.32 Å². The number of rotatable bonds is 2. The second-order valence-electron chi connectivity index (χ2n) is 2.91. The molecule has 13 heavy (non-hydrogen) atoms. The van der Waals surface area contributed by atoms with Crippen LogP contribution in [0.1, 0.15) is 11.4 Å². The highest BCUT2D eigenvalue weighted by Crippen LogP contribution is 2.17. The Bertz CT molecular complexity index is 351. The van der Waals surface area contributed by atoms with Gasteiger partial charge in [-0.2, -0.15) is 0 Å². The van der Waals surface area contributed by atoms with Gasteiger partial charge in [-0.25, -0.2) is 9.97 Å². The van der Waals surface area contributed by atoms with Crippen molar-refractivity contribution in [1.82, 2.24) is 9.97 Å². The van der Waals surface area contributed by atoms with E-state index in [-0.39, 0.29) is 6.42 Å². The fourth-order valence-corrected chi connectivity index (χ4v) is 1.32. The van der Waals surface area contributed by atoms with Crippen LogP contribution in [0, 0.1) is 0 Å². The maximum atomic E-state index is 10.4. The third-order valence-corrected chi connectivity index (χ3v) is 1.91. The number of fused-ring (bicyclic) bond motifs is 1. The zero-order chi connectivity index (χ0) is 9.26. The van der Waals surface area contributed by atoms with Gasteiger partial charge in [0.25, 0.3) is 0 Å². The first-order valence-corrected chi connectivity index (χ1v) is 4.06. The first kappa shape index (κ1) is 7.97. The van der Waals surface area contributed by atoms with Gasteiger partial charge < -0.3 is 10.4 Å². The molecule has 0 aliphatic carbocycles. The summed E-state index contributed by atoms with van der Waals surface area (Å²) < 4.78 is 0. The number of carbonyl (C=O) groups is 1. The fourth-order valence-electron chi connectivity index (χ4n) is 1.32. The molecule has 2 rings (SSSR count). The van der Waals surface area contributed by atoms with Gasteiger partial charge in [-0.15, -0.1) is 0 Å². The Morgan fingerprint density at radius 2 is 2.54 bits per heavy atom. The molecule has 0 aromatic carbocycles. The molecule has 68 valence electrons. The average Bonchev–Trinajstić information content (AvgIpc) is 2.49. The minimum absolute atomic E-state index is 0.116. The molecule has 5 heteroatoms. The Balaban J connectivity index is 2.25. The molecule has 1 aliphatic heterocycles. The van der Waals surface area contributed by atoms with E-state index in [2.05, 4.69) is 15.3 Å². The summed E-state index contributed by atoms with van der Waals surface area (Å²) in [5.74, 6) is 0.241. The molecule has 0 bridgehead atoms. The lowest BCUT2D eigenvalue weighted by Gasteiger charge is -1.99. The summed E-state index contributed by atoms with van der Waals surface area (Å²) in [6, 6.07) is 0. The molecule has 0 amide bonds. The van der Waals surface area contributed by atoms with Gasteiger partial charge >= 0.3 is 5.97 Å². The van der Waals surface area contributed by atoms with E-state index in [1.54, 1.807) is 6.20 Å². The van der Waals surface area contributed by atoms with Crippen molar-refractivity contribution in [3.8, 4) is 0 Å². The summed E-state index contributed by atoms with van der Waals surface area (Å²) in [5.41, 5.74) is 1.06. The minimum Gasteiger partial charge on any atom is -0.481 e. The summed E-state index contributed by atoms with van der Waals surface area (Å²) in [5, 5.41) is 11.6. The van der Waals surface area contributed by atoms with Gasteiger partial charge in [0.05, 0.1) is 0 Å². The predicted octanol–water partition coefficient (Wildman–Crippen LogP) is 0.0717. The van der Waals surface area contributed by atoms with Gasteiger partial charge in [0.1, 0.15) is 18.1 Å². The topological polar surface area (TPSA) is 75.1 Å². The average molecular weight is 179 g/mol. The Morgan fingerprint density at radius 1 is 1.69 bits per heavy atom. The molecule has 0 fully saturated rings. The van der Waals surface area contributed by atoms with E-state index in [4.69, 9.17) is 5.11 Å². The van der Waals surface area contributed by atoms with Crippen LogP contribution in [0.2, 0.25) is 0 Å². The Kier molecular flexibility index (Phi) is 1.84. The third kappa shape index (κ3) is 1.58. The van der Waals surface area contributed by atoms with E-state index in [1.165, 1.54) is 0 Å². The number of hydrogen-bond acceptors (Lipinski definition) is 4. The lowest BCUT2D eigenvalue weighted by molar-refractivity contribution is -0.136. The van der Waals surface area contributed by atoms with Crippen LogP contribution in [0.3, 0.4) is 0 Å². The number of carboxylic acids is 1. The van der Waals surface area contributed by atoms with Crippen LogP contribution in [0.4, 0.5) is 5.82 Å². The molecule has 1 aliphatic rings. The van der Waals surface area contributed by atoms with Crippen LogP contribution in [0.15, 0.2) is 6.20 Å². The molecule has 1 aromatic rings. The van der Waals surface area contributed by atoms with E-state index in [9.17, 15) is 4.79 Å². The molecular weight excluding hydrogens is 170 g/mol. The van der Waals surface area contributed by atoms with Crippen molar-refractivity contribution in [2.45, 2.75) is 12.8 Å². The SMILES string of the molecule is O=C(O)Cc1ncc2c(n1)NCC2. The molecule has 0 radical (unpaired) electrons. The molecule has 5 nitrogen and oxygen atoms in total. The van der Waals surface area contributed by atoms with E-state index in [1.807, 2.05) is 0 Å². The smallest absolute Gasteiger partial charge is 0.311 e. The van der Waals surface area contributed by atoms with Gasteiger partial charge in [0.2, 0.25) is 0 Å². The van der Waals surface area contributed by atoms with Crippen molar-refractivity contribution >= 4 is 11.8 Å². The second kappa shape index (κ2) is 3.01. The minimum atomic E-state index is -0.905. The van der Waals surface area contributed by atoms with Crippen LogP contribution in [-0.2, 0) is 17.6 Å². The Morgan fingerprint density at radius 3 is 3.31 bits per heavy atom. The molecule has 1 aromatic heterocycles. The van der Waals surface area contributed by atoms with Gasteiger partial charge in [-0.3, -0.25) is 4.79 Å². The lowest BCUT2D eigenvalue weighted by Crippen LogP contribution is -2.06. The zero-order valence-electron chi connectivity index (χ0n) is 6.95. The van der Waals surface area contributed by atoms with Crippen molar-refractivity contribution in [2.75, 3.05) is 11.9 Å². The lowest BCUT2D eigenvalue weighted by atomic mass is 10.3. The maximum Gasteiger partial charge on any atom is 0.311 e. The monoisotopic (exact) mass is 179 g/mol. The van der Waals surface area contributed by atoms with E-state index in [0.29, 0.717) is 5.82 Å². The van der Waals surface area contributed by atoms with Crippen LogP contribution in [-0.4, -0.2) is 27.6 Å². The number of nitrogens with one attached hydrogen (secondary N) is 1. The van der Waals surface area contributed by atoms with Gasteiger partial charge in [-0.1, -0.05) is 0 Å². The highest BCUT2D eigenvalue weighted by atomic mass is 16.4. The highest BCUT2D eigenvalue weighted by Gasteiger charge is 2.13. The molecule has 2 N–H and O–H groups in total. The summed E-state index contributed by atoms with van der Waals surface area (Å²) in [6.45, 7) is 0.862. The van der Waals surface area contributed by atoms with Crippen molar-refractivity contribution in [3.05, 3.63) is 17.6 Å². The predicted molar refractivity (Wildman–Crippen MR) is 45.6 cm³/mol. The Labute approximate surface area is 74.8 Å². The first-order chi connectivity index (χ1) is 6.25. The fraction of sp³-hybridized carbons (Fsp3) is 0.375. The van der Waals surface area contributed by atoms with Crippen molar-refractivity contribution in [1.29, 1.82) is 0 Å².